The van der Waals surface area contributed by atoms with Crippen LogP contribution in [-0.2, 0) is 0 Å². The van der Waals surface area contributed by atoms with Gasteiger partial charge in [-0.15, -0.1) is 11.6 Å². The van der Waals surface area contributed by atoms with Gasteiger partial charge in [-0.1, -0.05) is 6.92 Å². The number of likely N-dealkylation sites (tertiary alicyclic amines) is 1. The van der Waals surface area contributed by atoms with E-state index in [9.17, 15) is 0 Å². The Morgan fingerprint density at radius 1 is 1.54 bits per heavy atom. The van der Waals surface area contributed by atoms with Crippen LogP contribution in [0.1, 0.15) is 39.5 Å². The lowest BCUT2D eigenvalue weighted by Gasteiger charge is -2.36. The van der Waals surface area contributed by atoms with Gasteiger partial charge < -0.3 is 4.90 Å². The van der Waals surface area contributed by atoms with Crippen molar-refractivity contribution in [1.82, 2.24) is 4.90 Å². The second-order valence-corrected chi connectivity index (χ2v) is 4.62. The number of hydrogen-bond donors (Lipinski definition) is 0. The van der Waals surface area contributed by atoms with E-state index in [2.05, 4.69) is 18.7 Å². The predicted molar refractivity (Wildman–Crippen MR) is 59.4 cm³/mol. The third-order valence-electron chi connectivity index (χ3n) is 3.28. The van der Waals surface area contributed by atoms with Gasteiger partial charge in [0.05, 0.1) is 0 Å². The van der Waals surface area contributed by atoms with E-state index in [1.54, 1.807) is 0 Å². The second kappa shape index (κ2) is 5.87. The molecule has 1 heterocycles. The number of piperidine rings is 1. The minimum absolute atomic E-state index is 0.762. The van der Waals surface area contributed by atoms with Gasteiger partial charge in [-0.3, -0.25) is 0 Å². The summed E-state index contributed by atoms with van der Waals surface area (Å²) < 4.78 is 0. The Hall–Kier alpha value is 0.250. The molecule has 1 rings (SSSR count). The largest absolute Gasteiger partial charge is 0.300 e. The van der Waals surface area contributed by atoms with Crippen molar-refractivity contribution in [3.8, 4) is 0 Å². The molecule has 0 aromatic heterocycles. The lowest BCUT2D eigenvalue weighted by atomic mass is 9.94. The zero-order valence-electron chi connectivity index (χ0n) is 8.93. The number of nitrogens with zero attached hydrogens (tertiary/aromatic N) is 1. The zero-order chi connectivity index (χ0) is 9.68. The van der Waals surface area contributed by atoms with Gasteiger partial charge in [0.2, 0.25) is 0 Å². The summed E-state index contributed by atoms with van der Waals surface area (Å²) in [5.41, 5.74) is 0. The summed E-state index contributed by atoms with van der Waals surface area (Å²) in [6.07, 6.45) is 5.23. The van der Waals surface area contributed by atoms with E-state index in [0.717, 1.165) is 17.8 Å². The van der Waals surface area contributed by atoms with E-state index in [1.165, 1.54) is 38.8 Å². The van der Waals surface area contributed by atoms with E-state index >= 15 is 0 Å². The molecule has 0 saturated carbocycles. The van der Waals surface area contributed by atoms with Gasteiger partial charge in [-0.2, -0.15) is 0 Å². The Morgan fingerprint density at radius 2 is 2.31 bits per heavy atom. The molecule has 1 saturated heterocycles. The van der Waals surface area contributed by atoms with Crippen molar-refractivity contribution in [1.29, 1.82) is 0 Å². The summed E-state index contributed by atoms with van der Waals surface area (Å²) in [5.74, 6) is 1.69. The highest BCUT2D eigenvalue weighted by Crippen LogP contribution is 2.22. The fraction of sp³-hybridized carbons (Fsp3) is 1.00. The molecule has 2 unspecified atom stereocenters. The smallest absolute Gasteiger partial charge is 0.0226 e. The first-order chi connectivity index (χ1) is 6.27. The normalized spacial score (nSPS) is 27.5. The molecule has 1 fully saturated rings. The van der Waals surface area contributed by atoms with E-state index in [1.807, 2.05) is 0 Å². The molecule has 0 bridgehead atoms. The first-order valence-corrected chi connectivity index (χ1v) is 6.11. The van der Waals surface area contributed by atoms with Crippen LogP contribution in [0, 0.1) is 5.92 Å². The first-order valence-electron chi connectivity index (χ1n) is 5.58. The highest BCUT2D eigenvalue weighted by Gasteiger charge is 2.21. The molecule has 0 spiro atoms. The Kier molecular flexibility index (Phi) is 5.12. The molecular formula is C11H22ClN. The third kappa shape index (κ3) is 3.47. The molecule has 1 aliphatic rings. The van der Waals surface area contributed by atoms with E-state index in [-0.39, 0.29) is 0 Å². The van der Waals surface area contributed by atoms with Crippen LogP contribution in [0.2, 0.25) is 0 Å². The molecule has 1 nitrogen and oxygen atoms in total. The van der Waals surface area contributed by atoms with Crippen LogP contribution in [0.25, 0.3) is 0 Å². The van der Waals surface area contributed by atoms with E-state index in [4.69, 9.17) is 11.6 Å². The van der Waals surface area contributed by atoms with Gasteiger partial charge >= 0.3 is 0 Å². The Labute approximate surface area is 87.4 Å². The number of halogens is 1. The van der Waals surface area contributed by atoms with Crippen LogP contribution in [0.4, 0.5) is 0 Å². The maximum Gasteiger partial charge on any atom is 0.0226 e. The fourth-order valence-corrected chi connectivity index (χ4v) is 2.45. The molecule has 0 radical (unpaired) electrons. The van der Waals surface area contributed by atoms with Gasteiger partial charge in [0.1, 0.15) is 0 Å². The Bertz CT molecular complexity index is 136. The minimum atomic E-state index is 0.762. The highest BCUT2D eigenvalue weighted by atomic mass is 35.5. The van der Waals surface area contributed by atoms with Gasteiger partial charge in [-0.25, -0.2) is 0 Å². The van der Waals surface area contributed by atoms with Gasteiger partial charge in [0, 0.05) is 18.5 Å². The number of alkyl halides is 1. The molecule has 1 aliphatic heterocycles. The summed E-state index contributed by atoms with van der Waals surface area (Å²) in [6, 6.07) is 0.762. The van der Waals surface area contributed by atoms with Gasteiger partial charge in [0.25, 0.3) is 0 Å². The molecule has 2 atom stereocenters. The van der Waals surface area contributed by atoms with Crippen molar-refractivity contribution < 1.29 is 0 Å². The average molecular weight is 204 g/mol. The molecule has 13 heavy (non-hydrogen) atoms. The fourth-order valence-electron chi connectivity index (χ4n) is 2.15. The monoisotopic (exact) mass is 203 g/mol. The van der Waals surface area contributed by atoms with Crippen LogP contribution >= 0.6 is 11.6 Å². The van der Waals surface area contributed by atoms with Gasteiger partial charge in [-0.05, 0) is 45.1 Å². The molecule has 0 aliphatic carbocycles. The molecule has 0 N–H and O–H groups in total. The van der Waals surface area contributed by atoms with Crippen LogP contribution < -0.4 is 0 Å². The van der Waals surface area contributed by atoms with Crippen molar-refractivity contribution in [2.75, 3.05) is 19.0 Å². The number of hydrogen-bond acceptors (Lipinski definition) is 1. The second-order valence-electron chi connectivity index (χ2n) is 4.24. The molecular weight excluding hydrogens is 182 g/mol. The number of rotatable bonds is 4. The molecule has 0 amide bonds. The first kappa shape index (κ1) is 11.3. The topological polar surface area (TPSA) is 3.24 Å². The maximum absolute atomic E-state index is 5.78. The highest BCUT2D eigenvalue weighted by molar-refractivity contribution is 6.17. The van der Waals surface area contributed by atoms with Crippen molar-refractivity contribution in [2.24, 2.45) is 5.92 Å². The summed E-state index contributed by atoms with van der Waals surface area (Å²) >= 11 is 5.78. The lowest BCUT2D eigenvalue weighted by molar-refractivity contribution is 0.127. The standard InChI is InChI=1S/C11H22ClN/c1-3-10(2)13-8-4-5-11(9-13)6-7-12/h10-11H,3-9H2,1-2H3. The molecule has 0 aromatic carbocycles. The van der Waals surface area contributed by atoms with E-state index in [0.29, 0.717) is 0 Å². The Balaban J connectivity index is 2.32. The zero-order valence-corrected chi connectivity index (χ0v) is 9.69. The maximum atomic E-state index is 5.78. The molecule has 0 aromatic rings. The lowest BCUT2D eigenvalue weighted by Crippen LogP contribution is -2.41. The molecule has 2 heteroatoms. The quantitative estimate of drug-likeness (QED) is 0.635. The van der Waals surface area contributed by atoms with Crippen LogP contribution in [0.5, 0.6) is 0 Å². The average Bonchev–Trinajstić information content (AvgIpc) is 2.18. The van der Waals surface area contributed by atoms with Gasteiger partial charge in [0.15, 0.2) is 0 Å². The molecule has 78 valence electrons. The summed E-state index contributed by atoms with van der Waals surface area (Å²) in [6.45, 7) is 7.19. The van der Waals surface area contributed by atoms with Crippen molar-refractivity contribution in [3.63, 3.8) is 0 Å². The Morgan fingerprint density at radius 3 is 2.92 bits per heavy atom. The SMILES string of the molecule is CCC(C)N1CCCC(CCCl)C1. The predicted octanol–water partition coefficient (Wildman–Crippen LogP) is 3.13. The third-order valence-corrected chi connectivity index (χ3v) is 3.50. The van der Waals surface area contributed by atoms with Crippen molar-refractivity contribution >= 4 is 11.6 Å². The van der Waals surface area contributed by atoms with Crippen molar-refractivity contribution in [3.05, 3.63) is 0 Å². The van der Waals surface area contributed by atoms with Crippen LogP contribution in [-0.4, -0.2) is 29.9 Å². The summed E-state index contributed by atoms with van der Waals surface area (Å²) in [5, 5.41) is 0. The van der Waals surface area contributed by atoms with Crippen molar-refractivity contribution in [2.45, 2.75) is 45.6 Å². The van der Waals surface area contributed by atoms with Crippen LogP contribution in [0.3, 0.4) is 0 Å². The van der Waals surface area contributed by atoms with Crippen LogP contribution in [0.15, 0.2) is 0 Å². The summed E-state index contributed by atoms with van der Waals surface area (Å²) in [4.78, 5) is 2.63. The van der Waals surface area contributed by atoms with E-state index < -0.39 is 0 Å². The minimum Gasteiger partial charge on any atom is -0.300 e. The summed E-state index contributed by atoms with van der Waals surface area (Å²) in [7, 11) is 0.